The van der Waals surface area contributed by atoms with Crippen LogP contribution < -0.4 is 5.32 Å². The van der Waals surface area contributed by atoms with Gasteiger partial charge in [0.25, 0.3) is 5.91 Å². The summed E-state index contributed by atoms with van der Waals surface area (Å²) in [6.45, 7) is 0.328. The lowest BCUT2D eigenvalue weighted by atomic mass is 10.1. The van der Waals surface area contributed by atoms with E-state index in [9.17, 15) is 4.79 Å². The fourth-order valence-electron chi connectivity index (χ4n) is 2.53. The predicted molar refractivity (Wildman–Crippen MR) is 99.5 cm³/mol. The van der Waals surface area contributed by atoms with Crippen molar-refractivity contribution in [3.63, 3.8) is 0 Å². The van der Waals surface area contributed by atoms with Crippen molar-refractivity contribution in [3.05, 3.63) is 83.4 Å². The van der Waals surface area contributed by atoms with Gasteiger partial charge in [0.05, 0.1) is 0 Å². The molecule has 0 unspecified atom stereocenters. The topological polar surface area (TPSA) is 85.8 Å². The maximum atomic E-state index is 12.4. The first-order valence-electron chi connectivity index (χ1n) is 8.15. The number of nitrogens with one attached hydrogen (secondary N) is 1. The second-order valence-electron chi connectivity index (χ2n) is 5.74. The Hall–Kier alpha value is -3.45. The van der Waals surface area contributed by atoms with E-state index in [4.69, 9.17) is 16.1 Å². The third-order valence-electron chi connectivity index (χ3n) is 3.85. The zero-order valence-electron chi connectivity index (χ0n) is 14.0. The monoisotopic (exact) mass is 379 g/mol. The first kappa shape index (κ1) is 17.0. The lowest BCUT2D eigenvalue weighted by Crippen LogP contribution is -2.23. The third-order valence-corrected chi connectivity index (χ3v) is 4.09. The summed E-state index contributed by atoms with van der Waals surface area (Å²) in [5.41, 5.74) is 1.85. The highest BCUT2D eigenvalue weighted by molar-refractivity contribution is 6.30. The van der Waals surface area contributed by atoms with E-state index in [1.807, 2.05) is 24.3 Å². The van der Waals surface area contributed by atoms with Gasteiger partial charge < -0.3 is 9.84 Å². The van der Waals surface area contributed by atoms with Crippen molar-refractivity contribution in [1.82, 2.24) is 25.2 Å². The highest BCUT2D eigenvalue weighted by Crippen LogP contribution is 2.23. The van der Waals surface area contributed by atoms with Crippen LogP contribution >= 0.6 is 11.6 Å². The van der Waals surface area contributed by atoms with Crippen molar-refractivity contribution in [3.8, 4) is 17.1 Å². The van der Waals surface area contributed by atoms with Crippen LogP contribution in [0.4, 0.5) is 0 Å². The molecular weight excluding hydrogens is 366 g/mol. The fourth-order valence-corrected chi connectivity index (χ4v) is 2.72. The van der Waals surface area contributed by atoms with Gasteiger partial charge in [0, 0.05) is 41.8 Å². The van der Waals surface area contributed by atoms with Crippen molar-refractivity contribution < 1.29 is 9.32 Å². The Bertz CT molecular complexity index is 1080. The molecule has 0 aliphatic rings. The standard InChI is InChI=1S/C19H14ClN5O2/c20-15-4-1-3-14(10-15)17-11-16(24-27-17)19(26)22-12-13-5-7-21-18(9-13)25-8-2-6-23-25/h1-11H,12H2,(H,22,26). The van der Waals surface area contributed by atoms with Crippen molar-refractivity contribution in [2.75, 3.05) is 0 Å². The number of rotatable bonds is 5. The Morgan fingerprint density at radius 1 is 1.15 bits per heavy atom. The minimum absolute atomic E-state index is 0.200. The summed E-state index contributed by atoms with van der Waals surface area (Å²) in [6.07, 6.45) is 5.15. The second kappa shape index (κ2) is 7.43. The van der Waals surface area contributed by atoms with Crippen LogP contribution in [0.25, 0.3) is 17.1 Å². The Balaban J connectivity index is 1.44. The third kappa shape index (κ3) is 3.88. The predicted octanol–water partition coefficient (Wildman–Crippen LogP) is 3.51. The number of carbonyl (C=O) groups is 1. The van der Waals surface area contributed by atoms with Crippen LogP contribution in [0.3, 0.4) is 0 Å². The van der Waals surface area contributed by atoms with E-state index in [2.05, 4.69) is 20.6 Å². The molecule has 1 amide bonds. The summed E-state index contributed by atoms with van der Waals surface area (Å²) in [4.78, 5) is 16.6. The van der Waals surface area contributed by atoms with Gasteiger partial charge in [-0.05, 0) is 35.9 Å². The molecule has 0 spiro atoms. The number of hydrogen-bond acceptors (Lipinski definition) is 5. The number of amides is 1. The normalized spacial score (nSPS) is 10.7. The molecule has 0 fully saturated rings. The van der Waals surface area contributed by atoms with Crippen LogP contribution in [-0.2, 0) is 6.54 Å². The van der Waals surface area contributed by atoms with E-state index in [0.29, 0.717) is 23.1 Å². The van der Waals surface area contributed by atoms with Crippen molar-refractivity contribution in [1.29, 1.82) is 0 Å². The Morgan fingerprint density at radius 2 is 2.07 bits per heavy atom. The first-order chi connectivity index (χ1) is 13.2. The second-order valence-corrected chi connectivity index (χ2v) is 6.18. The number of hydrogen-bond donors (Lipinski definition) is 1. The van der Waals surface area contributed by atoms with E-state index in [-0.39, 0.29) is 11.6 Å². The van der Waals surface area contributed by atoms with Crippen LogP contribution in [0.1, 0.15) is 16.1 Å². The number of nitrogens with zero attached hydrogens (tertiary/aromatic N) is 4. The number of aromatic nitrogens is 4. The SMILES string of the molecule is O=C(NCc1ccnc(-n2cccn2)c1)c1cc(-c2cccc(Cl)c2)on1. The molecule has 4 aromatic rings. The molecule has 0 aliphatic heterocycles. The molecule has 8 heteroatoms. The zero-order valence-corrected chi connectivity index (χ0v) is 14.8. The molecule has 4 rings (SSSR count). The Morgan fingerprint density at radius 3 is 2.89 bits per heavy atom. The largest absolute Gasteiger partial charge is 0.355 e. The molecule has 27 heavy (non-hydrogen) atoms. The highest BCUT2D eigenvalue weighted by Gasteiger charge is 2.14. The van der Waals surface area contributed by atoms with Crippen molar-refractivity contribution in [2.45, 2.75) is 6.54 Å². The molecule has 0 atom stereocenters. The van der Waals surface area contributed by atoms with Gasteiger partial charge in [-0.1, -0.05) is 28.9 Å². The molecule has 3 aromatic heterocycles. The van der Waals surface area contributed by atoms with Crippen LogP contribution in [0, 0.1) is 0 Å². The molecule has 3 heterocycles. The first-order valence-corrected chi connectivity index (χ1v) is 8.53. The van der Waals surface area contributed by atoms with Crippen molar-refractivity contribution in [2.24, 2.45) is 0 Å². The van der Waals surface area contributed by atoms with E-state index >= 15 is 0 Å². The molecule has 0 saturated heterocycles. The Kier molecular flexibility index (Phi) is 4.67. The molecule has 0 saturated carbocycles. The van der Waals surface area contributed by atoms with Crippen LogP contribution in [0.5, 0.6) is 0 Å². The Labute approximate surface area is 159 Å². The summed E-state index contributed by atoms with van der Waals surface area (Å²) in [5, 5.41) is 11.4. The van der Waals surface area contributed by atoms with Crippen LogP contribution in [0.2, 0.25) is 5.02 Å². The average molecular weight is 380 g/mol. The summed E-state index contributed by atoms with van der Waals surface area (Å²) >= 11 is 5.98. The minimum Gasteiger partial charge on any atom is -0.355 e. The molecule has 1 N–H and O–H groups in total. The number of pyridine rings is 1. The number of benzene rings is 1. The molecule has 0 aliphatic carbocycles. The minimum atomic E-state index is -0.329. The summed E-state index contributed by atoms with van der Waals surface area (Å²) in [5.74, 6) is 0.827. The van der Waals surface area contributed by atoms with E-state index in [1.54, 1.807) is 47.5 Å². The maximum Gasteiger partial charge on any atom is 0.273 e. The van der Waals surface area contributed by atoms with Gasteiger partial charge in [-0.3, -0.25) is 4.79 Å². The van der Waals surface area contributed by atoms with E-state index < -0.39 is 0 Å². The van der Waals surface area contributed by atoms with Gasteiger partial charge in [0.2, 0.25) is 0 Å². The van der Waals surface area contributed by atoms with Crippen molar-refractivity contribution >= 4 is 17.5 Å². The van der Waals surface area contributed by atoms with Gasteiger partial charge in [-0.25, -0.2) is 9.67 Å². The quantitative estimate of drug-likeness (QED) is 0.573. The molecule has 1 aromatic carbocycles. The van der Waals surface area contributed by atoms with E-state index in [1.165, 1.54) is 0 Å². The van der Waals surface area contributed by atoms with Gasteiger partial charge in [-0.2, -0.15) is 5.10 Å². The van der Waals surface area contributed by atoms with Gasteiger partial charge in [0.15, 0.2) is 17.3 Å². The lowest BCUT2D eigenvalue weighted by Gasteiger charge is -2.05. The molecule has 0 bridgehead atoms. The highest BCUT2D eigenvalue weighted by atomic mass is 35.5. The van der Waals surface area contributed by atoms with E-state index in [0.717, 1.165) is 11.1 Å². The van der Waals surface area contributed by atoms with Gasteiger partial charge in [-0.15, -0.1) is 0 Å². The lowest BCUT2D eigenvalue weighted by molar-refractivity contribution is 0.0942. The fraction of sp³-hybridized carbons (Fsp3) is 0.0526. The molecular formula is C19H14ClN5O2. The summed E-state index contributed by atoms with van der Waals surface area (Å²) in [6, 6.07) is 14.2. The van der Waals surface area contributed by atoms with Gasteiger partial charge >= 0.3 is 0 Å². The smallest absolute Gasteiger partial charge is 0.273 e. The molecule has 7 nitrogen and oxygen atoms in total. The van der Waals surface area contributed by atoms with Crippen LogP contribution in [0.15, 0.2) is 71.6 Å². The molecule has 134 valence electrons. The number of carbonyl (C=O) groups excluding carboxylic acids is 1. The zero-order chi connectivity index (χ0) is 18.6. The van der Waals surface area contributed by atoms with Crippen LogP contribution in [-0.4, -0.2) is 25.8 Å². The molecule has 0 radical (unpaired) electrons. The van der Waals surface area contributed by atoms with Gasteiger partial charge in [0.1, 0.15) is 0 Å². The number of halogens is 1. The summed E-state index contributed by atoms with van der Waals surface area (Å²) < 4.78 is 6.91. The average Bonchev–Trinajstić information content (AvgIpc) is 3.38. The summed E-state index contributed by atoms with van der Waals surface area (Å²) in [7, 11) is 0. The maximum absolute atomic E-state index is 12.4.